The Labute approximate surface area is 75.0 Å². The average Bonchev–Trinajstić information content (AvgIpc) is 2.01. The summed E-state index contributed by atoms with van der Waals surface area (Å²) in [6.45, 7) is 5.63. The van der Waals surface area contributed by atoms with Gasteiger partial charge >= 0.3 is 0 Å². The van der Waals surface area contributed by atoms with E-state index in [1.807, 2.05) is 6.92 Å². The van der Waals surface area contributed by atoms with E-state index in [2.05, 4.69) is 6.92 Å². The Morgan fingerprint density at radius 3 is 2.33 bits per heavy atom. The highest BCUT2D eigenvalue weighted by atomic mass is 16.3. The molecule has 12 heavy (non-hydrogen) atoms. The fraction of sp³-hybridized carbons (Fsp3) is 0.900. The number of unbranched alkanes of at least 4 members (excludes halogenated alkanes) is 1. The molecule has 0 bridgehead atoms. The summed E-state index contributed by atoms with van der Waals surface area (Å²) in [5.74, 6) is -0.0153. The van der Waals surface area contributed by atoms with Crippen molar-refractivity contribution in [1.82, 2.24) is 0 Å². The molecular weight excluding hydrogens is 152 g/mol. The fourth-order valence-corrected chi connectivity index (χ4v) is 1.16. The Balaban J connectivity index is 3.90. The molecule has 0 aromatic heterocycles. The lowest BCUT2D eigenvalue weighted by atomic mass is 9.92. The fourth-order valence-electron chi connectivity index (χ4n) is 1.16. The highest BCUT2D eigenvalue weighted by molar-refractivity contribution is 5.86. The number of hydrogen-bond acceptors (Lipinski definition) is 2. The molecule has 1 N–H and O–H groups in total. The molecule has 0 saturated heterocycles. The van der Waals surface area contributed by atoms with Crippen molar-refractivity contribution in [3.05, 3.63) is 0 Å². The molecule has 0 fully saturated rings. The molecule has 0 aromatic rings. The highest BCUT2D eigenvalue weighted by Crippen LogP contribution is 2.16. The molecule has 0 aliphatic rings. The van der Waals surface area contributed by atoms with E-state index >= 15 is 0 Å². The molecule has 2 heteroatoms. The van der Waals surface area contributed by atoms with Gasteiger partial charge in [-0.3, -0.25) is 4.79 Å². The zero-order chi connectivity index (χ0) is 9.61. The molecule has 0 spiro atoms. The normalized spacial score (nSPS) is 15.7. The second-order valence-corrected chi connectivity index (χ2v) is 3.55. The molecule has 72 valence electrons. The van der Waals surface area contributed by atoms with Crippen LogP contribution in [-0.4, -0.2) is 16.5 Å². The lowest BCUT2D eigenvalue weighted by molar-refractivity contribution is -0.136. The summed E-state index contributed by atoms with van der Waals surface area (Å²) >= 11 is 0. The van der Waals surface area contributed by atoms with Crippen LogP contribution in [0.4, 0.5) is 0 Å². The Bertz CT molecular complexity index is 139. The quantitative estimate of drug-likeness (QED) is 0.667. The van der Waals surface area contributed by atoms with Crippen LogP contribution in [0.2, 0.25) is 0 Å². The zero-order valence-electron chi connectivity index (χ0n) is 8.39. The number of ketones is 1. The second-order valence-electron chi connectivity index (χ2n) is 3.55. The van der Waals surface area contributed by atoms with Crippen molar-refractivity contribution in [3.63, 3.8) is 0 Å². The molecule has 1 atom stereocenters. The van der Waals surface area contributed by atoms with Crippen LogP contribution in [0, 0.1) is 0 Å². The van der Waals surface area contributed by atoms with E-state index in [0.29, 0.717) is 12.8 Å². The van der Waals surface area contributed by atoms with Gasteiger partial charge in [0.15, 0.2) is 5.78 Å². The first-order valence-corrected chi connectivity index (χ1v) is 4.80. The Morgan fingerprint density at radius 1 is 1.33 bits per heavy atom. The van der Waals surface area contributed by atoms with Crippen molar-refractivity contribution in [3.8, 4) is 0 Å². The van der Waals surface area contributed by atoms with Gasteiger partial charge in [-0.05, 0) is 19.8 Å². The van der Waals surface area contributed by atoms with Crippen LogP contribution in [0.5, 0.6) is 0 Å². The first kappa shape index (κ1) is 11.6. The second kappa shape index (κ2) is 5.31. The molecule has 0 heterocycles. The third-order valence-corrected chi connectivity index (χ3v) is 2.09. The monoisotopic (exact) mass is 172 g/mol. The van der Waals surface area contributed by atoms with Crippen LogP contribution in [0.1, 0.15) is 52.9 Å². The lowest BCUT2D eigenvalue weighted by Crippen LogP contribution is -2.34. The molecule has 0 rings (SSSR count). The Kier molecular flexibility index (Phi) is 5.14. The molecular formula is C10H20O2. The van der Waals surface area contributed by atoms with Crippen LogP contribution < -0.4 is 0 Å². The van der Waals surface area contributed by atoms with Gasteiger partial charge in [0, 0.05) is 6.42 Å². The summed E-state index contributed by atoms with van der Waals surface area (Å²) in [5.41, 5.74) is -1.08. The predicted octanol–water partition coefficient (Wildman–Crippen LogP) is 2.30. The van der Waals surface area contributed by atoms with E-state index in [4.69, 9.17) is 0 Å². The van der Waals surface area contributed by atoms with E-state index in [1.165, 1.54) is 0 Å². The zero-order valence-corrected chi connectivity index (χ0v) is 8.39. The van der Waals surface area contributed by atoms with Gasteiger partial charge in [0.25, 0.3) is 0 Å². The van der Waals surface area contributed by atoms with Crippen molar-refractivity contribution < 1.29 is 9.90 Å². The Morgan fingerprint density at radius 2 is 1.92 bits per heavy atom. The third-order valence-electron chi connectivity index (χ3n) is 2.09. The highest BCUT2D eigenvalue weighted by Gasteiger charge is 2.27. The van der Waals surface area contributed by atoms with E-state index in [9.17, 15) is 9.90 Å². The smallest absolute Gasteiger partial charge is 0.164 e. The van der Waals surface area contributed by atoms with Crippen LogP contribution >= 0.6 is 0 Å². The molecule has 0 aliphatic heterocycles. The summed E-state index contributed by atoms with van der Waals surface area (Å²) in [4.78, 5) is 11.3. The summed E-state index contributed by atoms with van der Waals surface area (Å²) in [6, 6.07) is 0. The number of hydrogen-bond donors (Lipinski definition) is 1. The maximum Gasteiger partial charge on any atom is 0.164 e. The number of carbonyl (C=O) groups is 1. The SMILES string of the molecule is CCCCC(C)(O)C(=O)CCC. The number of aliphatic hydroxyl groups is 1. The minimum absolute atomic E-state index is 0.0153. The van der Waals surface area contributed by atoms with Gasteiger partial charge in [-0.1, -0.05) is 26.7 Å². The molecule has 0 amide bonds. The van der Waals surface area contributed by atoms with E-state index in [-0.39, 0.29) is 5.78 Å². The summed E-state index contributed by atoms with van der Waals surface area (Å²) in [6.07, 6.45) is 3.86. The van der Waals surface area contributed by atoms with Crippen LogP contribution in [0.15, 0.2) is 0 Å². The molecule has 1 unspecified atom stereocenters. The van der Waals surface area contributed by atoms with Gasteiger partial charge in [-0.25, -0.2) is 0 Å². The van der Waals surface area contributed by atoms with Crippen LogP contribution in [-0.2, 0) is 4.79 Å². The topological polar surface area (TPSA) is 37.3 Å². The van der Waals surface area contributed by atoms with Gasteiger partial charge < -0.3 is 5.11 Å². The van der Waals surface area contributed by atoms with E-state index in [1.54, 1.807) is 6.92 Å². The molecule has 2 nitrogen and oxygen atoms in total. The average molecular weight is 172 g/mol. The standard InChI is InChI=1S/C10H20O2/c1-4-6-8-10(3,12)9(11)7-5-2/h12H,4-8H2,1-3H3. The molecule has 0 aliphatic carbocycles. The first-order chi connectivity index (χ1) is 5.54. The van der Waals surface area contributed by atoms with Crippen molar-refractivity contribution in [2.45, 2.75) is 58.5 Å². The largest absolute Gasteiger partial charge is 0.382 e. The summed E-state index contributed by atoms with van der Waals surface area (Å²) in [7, 11) is 0. The minimum atomic E-state index is -1.08. The van der Waals surface area contributed by atoms with Gasteiger partial charge in [0.1, 0.15) is 5.60 Å². The number of carbonyl (C=O) groups excluding carboxylic acids is 1. The van der Waals surface area contributed by atoms with Crippen molar-refractivity contribution in [1.29, 1.82) is 0 Å². The predicted molar refractivity (Wildman–Crippen MR) is 50.1 cm³/mol. The molecule has 0 aromatic carbocycles. The minimum Gasteiger partial charge on any atom is -0.382 e. The lowest BCUT2D eigenvalue weighted by Gasteiger charge is -2.20. The van der Waals surface area contributed by atoms with Crippen molar-refractivity contribution >= 4 is 5.78 Å². The summed E-state index contributed by atoms with van der Waals surface area (Å²) < 4.78 is 0. The van der Waals surface area contributed by atoms with Crippen LogP contribution in [0.25, 0.3) is 0 Å². The number of Topliss-reactive ketones (excluding diaryl/α,β-unsaturated/α-hetero) is 1. The molecule has 0 radical (unpaired) electrons. The van der Waals surface area contributed by atoms with Crippen molar-refractivity contribution in [2.24, 2.45) is 0 Å². The summed E-state index contributed by atoms with van der Waals surface area (Å²) in [5, 5.41) is 9.70. The Hall–Kier alpha value is -0.370. The van der Waals surface area contributed by atoms with Crippen molar-refractivity contribution in [2.75, 3.05) is 0 Å². The van der Waals surface area contributed by atoms with Gasteiger partial charge in [0.2, 0.25) is 0 Å². The van der Waals surface area contributed by atoms with Gasteiger partial charge in [0.05, 0.1) is 0 Å². The first-order valence-electron chi connectivity index (χ1n) is 4.80. The maximum atomic E-state index is 11.3. The van der Waals surface area contributed by atoms with E-state index < -0.39 is 5.60 Å². The number of rotatable bonds is 6. The van der Waals surface area contributed by atoms with Crippen LogP contribution in [0.3, 0.4) is 0 Å². The van der Waals surface area contributed by atoms with E-state index in [0.717, 1.165) is 19.3 Å². The third kappa shape index (κ3) is 3.86. The maximum absolute atomic E-state index is 11.3. The van der Waals surface area contributed by atoms with Gasteiger partial charge in [-0.15, -0.1) is 0 Å². The molecule has 0 saturated carbocycles. The van der Waals surface area contributed by atoms with Gasteiger partial charge in [-0.2, -0.15) is 0 Å².